The van der Waals surface area contributed by atoms with Gasteiger partial charge in [0.2, 0.25) is 0 Å². The molecule has 0 aromatic heterocycles. The molecule has 2 aromatic rings. The molecular formula is C20H25BrN2O. The van der Waals surface area contributed by atoms with Crippen LogP contribution in [-0.4, -0.2) is 38.2 Å². The number of aryl methyl sites for hydroxylation is 2. The number of anilines is 1. The van der Waals surface area contributed by atoms with Crippen molar-refractivity contribution in [1.29, 1.82) is 0 Å². The third-order valence-electron chi connectivity index (χ3n) is 4.70. The molecule has 3 nitrogen and oxygen atoms in total. The van der Waals surface area contributed by atoms with Crippen molar-refractivity contribution in [3.8, 4) is 5.75 Å². The van der Waals surface area contributed by atoms with Crippen LogP contribution < -0.4 is 9.64 Å². The standard InChI is InChI=1S/C20H25BrN2O/c1-15-4-5-16(2)19(12-15)23-10-8-22(9-11-23)14-17-6-7-20(24-3)18(21)13-17/h4-7,12-13H,8-11,14H2,1-3H3. The number of piperazine rings is 1. The van der Waals surface area contributed by atoms with Gasteiger partial charge < -0.3 is 9.64 Å². The Morgan fingerprint density at radius 1 is 1.00 bits per heavy atom. The van der Waals surface area contributed by atoms with E-state index in [1.807, 2.05) is 6.07 Å². The lowest BCUT2D eigenvalue weighted by molar-refractivity contribution is 0.249. The molecule has 3 rings (SSSR count). The zero-order chi connectivity index (χ0) is 17.1. The van der Waals surface area contributed by atoms with E-state index in [2.05, 4.69) is 69.9 Å². The summed E-state index contributed by atoms with van der Waals surface area (Å²) in [6.07, 6.45) is 0. The molecule has 0 bridgehead atoms. The van der Waals surface area contributed by atoms with Gasteiger partial charge in [-0.1, -0.05) is 18.2 Å². The topological polar surface area (TPSA) is 15.7 Å². The molecule has 0 amide bonds. The van der Waals surface area contributed by atoms with E-state index in [4.69, 9.17) is 4.74 Å². The van der Waals surface area contributed by atoms with Gasteiger partial charge in [0, 0.05) is 38.4 Å². The van der Waals surface area contributed by atoms with Crippen LogP contribution in [0.3, 0.4) is 0 Å². The quantitative estimate of drug-likeness (QED) is 0.771. The van der Waals surface area contributed by atoms with Crippen molar-refractivity contribution >= 4 is 21.6 Å². The highest BCUT2D eigenvalue weighted by Crippen LogP contribution is 2.27. The van der Waals surface area contributed by atoms with Crippen molar-refractivity contribution in [1.82, 2.24) is 4.90 Å². The van der Waals surface area contributed by atoms with Gasteiger partial charge in [-0.2, -0.15) is 0 Å². The Hall–Kier alpha value is -1.52. The van der Waals surface area contributed by atoms with Gasteiger partial charge in [-0.25, -0.2) is 0 Å². The summed E-state index contributed by atoms with van der Waals surface area (Å²) in [5.74, 6) is 0.887. The van der Waals surface area contributed by atoms with Gasteiger partial charge in [0.25, 0.3) is 0 Å². The van der Waals surface area contributed by atoms with E-state index in [9.17, 15) is 0 Å². The van der Waals surface area contributed by atoms with Crippen molar-refractivity contribution < 1.29 is 4.74 Å². The predicted molar refractivity (Wildman–Crippen MR) is 104 cm³/mol. The SMILES string of the molecule is COc1ccc(CN2CCN(c3cc(C)ccc3C)CC2)cc1Br. The molecule has 1 aliphatic heterocycles. The molecule has 0 aliphatic carbocycles. The van der Waals surface area contributed by atoms with Gasteiger partial charge >= 0.3 is 0 Å². The molecule has 0 radical (unpaired) electrons. The van der Waals surface area contributed by atoms with Gasteiger partial charge in [0.1, 0.15) is 5.75 Å². The molecular weight excluding hydrogens is 364 g/mol. The molecule has 2 aromatic carbocycles. The lowest BCUT2D eigenvalue weighted by Crippen LogP contribution is -2.46. The van der Waals surface area contributed by atoms with E-state index in [1.54, 1.807) is 7.11 Å². The zero-order valence-electron chi connectivity index (χ0n) is 14.7. The van der Waals surface area contributed by atoms with Gasteiger partial charge in [-0.3, -0.25) is 4.90 Å². The van der Waals surface area contributed by atoms with Crippen LogP contribution in [0, 0.1) is 13.8 Å². The van der Waals surface area contributed by atoms with Crippen molar-refractivity contribution in [2.45, 2.75) is 20.4 Å². The van der Waals surface area contributed by atoms with E-state index in [0.29, 0.717) is 0 Å². The van der Waals surface area contributed by atoms with E-state index in [0.717, 1.165) is 42.9 Å². The number of ether oxygens (including phenoxy) is 1. The minimum Gasteiger partial charge on any atom is -0.496 e. The van der Waals surface area contributed by atoms with E-state index < -0.39 is 0 Å². The Morgan fingerprint density at radius 3 is 2.42 bits per heavy atom. The molecule has 0 atom stereocenters. The van der Waals surface area contributed by atoms with Crippen molar-refractivity contribution in [2.24, 2.45) is 0 Å². The Morgan fingerprint density at radius 2 is 1.75 bits per heavy atom. The van der Waals surface area contributed by atoms with Crippen LogP contribution in [0.5, 0.6) is 5.75 Å². The Bertz CT molecular complexity index is 709. The van der Waals surface area contributed by atoms with E-state index in [-0.39, 0.29) is 0 Å². The number of rotatable bonds is 4. The highest BCUT2D eigenvalue weighted by Gasteiger charge is 2.18. The van der Waals surface area contributed by atoms with Gasteiger partial charge in [0.05, 0.1) is 11.6 Å². The number of methoxy groups -OCH3 is 1. The van der Waals surface area contributed by atoms with Crippen LogP contribution in [-0.2, 0) is 6.54 Å². The summed E-state index contributed by atoms with van der Waals surface area (Å²) in [6.45, 7) is 9.72. The van der Waals surface area contributed by atoms with Crippen LogP contribution in [0.2, 0.25) is 0 Å². The number of halogens is 1. The molecule has 0 spiro atoms. The highest BCUT2D eigenvalue weighted by molar-refractivity contribution is 9.10. The fourth-order valence-corrected chi connectivity index (χ4v) is 3.86. The third-order valence-corrected chi connectivity index (χ3v) is 5.32. The van der Waals surface area contributed by atoms with Gasteiger partial charge in [0.15, 0.2) is 0 Å². The second kappa shape index (κ2) is 7.58. The predicted octanol–water partition coefficient (Wildman–Crippen LogP) is 4.40. The molecule has 0 unspecified atom stereocenters. The fraction of sp³-hybridized carbons (Fsp3) is 0.400. The Kier molecular flexibility index (Phi) is 5.47. The number of hydrogen-bond acceptors (Lipinski definition) is 3. The molecule has 0 N–H and O–H groups in total. The molecule has 1 aliphatic rings. The minimum atomic E-state index is 0.887. The molecule has 128 valence electrons. The molecule has 4 heteroatoms. The van der Waals surface area contributed by atoms with Gasteiger partial charge in [-0.15, -0.1) is 0 Å². The number of nitrogens with zero attached hydrogens (tertiary/aromatic N) is 2. The monoisotopic (exact) mass is 388 g/mol. The molecule has 0 saturated carbocycles. The average Bonchev–Trinajstić information content (AvgIpc) is 2.58. The molecule has 1 heterocycles. The average molecular weight is 389 g/mol. The minimum absolute atomic E-state index is 0.887. The molecule has 1 fully saturated rings. The summed E-state index contributed by atoms with van der Waals surface area (Å²) in [6, 6.07) is 13.1. The smallest absolute Gasteiger partial charge is 0.133 e. The largest absolute Gasteiger partial charge is 0.496 e. The lowest BCUT2D eigenvalue weighted by atomic mass is 10.1. The van der Waals surface area contributed by atoms with E-state index in [1.165, 1.54) is 22.4 Å². The maximum Gasteiger partial charge on any atom is 0.133 e. The molecule has 1 saturated heterocycles. The summed E-state index contributed by atoms with van der Waals surface area (Å²) >= 11 is 3.58. The van der Waals surface area contributed by atoms with Crippen LogP contribution in [0.15, 0.2) is 40.9 Å². The van der Waals surface area contributed by atoms with Crippen LogP contribution >= 0.6 is 15.9 Å². The zero-order valence-corrected chi connectivity index (χ0v) is 16.3. The van der Waals surface area contributed by atoms with Gasteiger partial charge in [-0.05, 0) is 64.7 Å². The summed E-state index contributed by atoms with van der Waals surface area (Å²) in [5.41, 5.74) is 5.42. The van der Waals surface area contributed by atoms with Crippen molar-refractivity contribution in [3.63, 3.8) is 0 Å². The number of benzene rings is 2. The first-order chi connectivity index (χ1) is 11.6. The Labute approximate surface area is 153 Å². The van der Waals surface area contributed by atoms with Crippen LogP contribution in [0.25, 0.3) is 0 Å². The Balaban J connectivity index is 1.61. The maximum absolute atomic E-state index is 5.31. The van der Waals surface area contributed by atoms with E-state index >= 15 is 0 Å². The van der Waals surface area contributed by atoms with Crippen molar-refractivity contribution in [2.75, 3.05) is 38.2 Å². The first kappa shape index (κ1) is 17.3. The molecule has 24 heavy (non-hydrogen) atoms. The number of hydrogen-bond donors (Lipinski definition) is 0. The summed E-state index contributed by atoms with van der Waals surface area (Å²) < 4.78 is 6.33. The van der Waals surface area contributed by atoms with Crippen molar-refractivity contribution in [3.05, 3.63) is 57.6 Å². The first-order valence-corrected chi connectivity index (χ1v) is 9.23. The second-order valence-electron chi connectivity index (χ2n) is 6.52. The highest BCUT2D eigenvalue weighted by atomic mass is 79.9. The second-order valence-corrected chi connectivity index (χ2v) is 7.38. The summed E-state index contributed by atoms with van der Waals surface area (Å²) in [5, 5.41) is 0. The summed E-state index contributed by atoms with van der Waals surface area (Å²) in [7, 11) is 1.70. The first-order valence-electron chi connectivity index (χ1n) is 8.44. The van der Waals surface area contributed by atoms with Crippen LogP contribution in [0.4, 0.5) is 5.69 Å². The maximum atomic E-state index is 5.31. The third kappa shape index (κ3) is 3.93. The van der Waals surface area contributed by atoms with Crippen LogP contribution in [0.1, 0.15) is 16.7 Å². The summed E-state index contributed by atoms with van der Waals surface area (Å²) in [4.78, 5) is 5.04. The lowest BCUT2D eigenvalue weighted by Gasteiger charge is -2.37. The normalized spacial score (nSPS) is 15.6. The fourth-order valence-electron chi connectivity index (χ4n) is 3.27.